The first-order valence-electron chi connectivity index (χ1n) is 9.83. The number of nitrogens with two attached hydrogens (primary N) is 1. The molecule has 33 heavy (non-hydrogen) atoms. The zero-order valence-corrected chi connectivity index (χ0v) is 17.7. The Morgan fingerprint density at radius 2 is 1.73 bits per heavy atom. The van der Waals surface area contributed by atoms with Crippen LogP contribution in [0, 0.1) is 0 Å². The van der Waals surface area contributed by atoms with Crippen LogP contribution in [0.2, 0.25) is 0 Å². The van der Waals surface area contributed by atoms with Gasteiger partial charge in [0.1, 0.15) is 11.4 Å². The minimum atomic E-state index is -1.12. The number of amides is 2. The van der Waals surface area contributed by atoms with E-state index in [-0.39, 0.29) is 34.7 Å². The Labute approximate surface area is 189 Å². The second-order valence-electron chi connectivity index (χ2n) is 7.13. The largest absolute Gasteiger partial charge is 0.497 e. The second-order valence-corrected chi connectivity index (χ2v) is 7.13. The maximum atomic E-state index is 13.3. The van der Waals surface area contributed by atoms with Crippen LogP contribution in [0.1, 0.15) is 42.3 Å². The van der Waals surface area contributed by atoms with Gasteiger partial charge in [-0.05, 0) is 48.0 Å². The molecule has 0 aliphatic rings. The van der Waals surface area contributed by atoms with Gasteiger partial charge in [-0.3, -0.25) is 19.4 Å². The summed E-state index contributed by atoms with van der Waals surface area (Å²) in [6.07, 6.45) is 1.49. The van der Waals surface area contributed by atoms with Crippen molar-refractivity contribution in [3.8, 4) is 5.75 Å². The minimum Gasteiger partial charge on any atom is -0.497 e. The highest BCUT2D eigenvalue weighted by molar-refractivity contribution is 6.09. The second kappa shape index (κ2) is 10.2. The smallest absolute Gasteiger partial charge is 0.335 e. The van der Waals surface area contributed by atoms with E-state index in [2.05, 4.69) is 4.98 Å². The molecule has 0 bridgehead atoms. The van der Waals surface area contributed by atoms with Gasteiger partial charge in [0.2, 0.25) is 11.7 Å². The molecule has 3 N–H and O–H groups in total. The van der Waals surface area contributed by atoms with Crippen LogP contribution in [0.25, 0.3) is 0 Å². The van der Waals surface area contributed by atoms with Crippen LogP contribution < -0.4 is 10.5 Å². The number of hydrogen-bond donors (Lipinski definition) is 2. The van der Waals surface area contributed by atoms with Crippen molar-refractivity contribution in [2.45, 2.75) is 6.54 Å². The van der Waals surface area contributed by atoms with E-state index in [9.17, 15) is 24.3 Å². The molecule has 3 rings (SSSR count). The molecule has 0 saturated heterocycles. The summed E-state index contributed by atoms with van der Waals surface area (Å²) in [5.74, 6) is -2.57. The molecule has 0 atom stereocenters. The van der Waals surface area contributed by atoms with Crippen LogP contribution in [-0.2, 0) is 11.3 Å². The zero-order valence-electron chi connectivity index (χ0n) is 17.7. The third-order valence-corrected chi connectivity index (χ3v) is 4.73. The van der Waals surface area contributed by atoms with E-state index in [1.165, 1.54) is 48.5 Å². The van der Waals surface area contributed by atoms with Gasteiger partial charge in [0.05, 0.1) is 19.2 Å². The predicted octanol–water partition coefficient (Wildman–Crippen LogP) is 2.15. The van der Waals surface area contributed by atoms with Crippen LogP contribution in [-0.4, -0.2) is 52.2 Å². The molecule has 9 nitrogen and oxygen atoms in total. The van der Waals surface area contributed by atoms with Crippen LogP contribution in [0.3, 0.4) is 0 Å². The molecule has 0 radical (unpaired) electrons. The van der Waals surface area contributed by atoms with E-state index >= 15 is 0 Å². The molecular weight excluding hydrogens is 426 g/mol. The predicted molar refractivity (Wildman–Crippen MR) is 118 cm³/mol. The lowest BCUT2D eigenvalue weighted by atomic mass is 10.0. The van der Waals surface area contributed by atoms with Gasteiger partial charge in [-0.2, -0.15) is 0 Å². The van der Waals surface area contributed by atoms with E-state index in [0.29, 0.717) is 5.56 Å². The first kappa shape index (κ1) is 23.1. The fraction of sp³-hybridized carbons (Fsp3) is 0.125. The summed E-state index contributed by atoms with van der Waals surface area (Å²) in [6, 6.07) is 15.2. The van der Waals surface area contributed by atoms with Crippen molar-refractivity contribution >= 4 is 23.6 Å². The quantitative estimate of drug-likeness (QED) is 0.479. The topological polar surface area (TPSA) is 140 Å². The van der Waals surface area contributed by atoms with Crippen LogP contribution >= 0.6 is 0 Å². The van der Waals surface area contributed by atoms with Crippen molar-refractivity contribution in [2.24, 2.45) is 5.73 Å². The number of rotatable bonds is 9. The molecule has 0 aliphatic carbocycles. The first-order chi connectivity index (χ1) is 15.8. The zero-order chi connectivity index (χ0) is 24.0. The van der Waals surface area contributed by atoms with Gasteiger partial charge in [-0.1, -0.05) is 18.2 Å². The number of carboxylic acid groups (broad SMARTS) is 1. The molecular formula is C24H21N3O6. The number of aromatic carboxylic acids is 1. The Hall–Kier alpha value is -4.53. The molecule has 0 saturated carbocycles. The minimum absolute atomic E-state index is 0.0450. The lowest BCUT2D eigenvalue weighted by Gasteiger charge is -2.22. The van der Waals surface area contributed by atoms with Gasteiger partial charge in [0, 0.05) is 23.9 Å². The summed E-state index contributed by atoms with van der Waals surface area (Å²) in [6.45, 7) is -0.472. The van der Waals surface area contributed by atoms with Crippen LogP contribution in [0.4, 0.5) is 0 Å². The fourth-order valence-corrected chi connectivity index (χ4v) is 3.21. The van der Waals surface area contributed by atoms with Gasteiger partial charge in [-0.15, -0.1) is 0 Å². The number of carbonyl (C=O) groups is 4. The Bertz CT molecular complexity index is 1210. The molecule has 2 aromatic carbocycles. The van der Waals surface area contributed by atoms with Crippen molar-refractivity contribution in [3.05, 3.63) is 94.8 Å². The molecule has 0 aliphatic heterocycles. The Morgan fingerprint density at radius 1 is 0.970 bits per heavy atom. The number of nitrogens with zero attached hydrogens (tertiary/aromatic N) is 2. The van der Waals surface area contributed by atoms with E-state index in [1.807, 2.05) is 0 Å². The van der Waals surface area contributed by atoms with Gasteiger partial charge in [0.15, 0.2) is 0 Å². The maximum Gasteiger partial charge on any atom is 0.335 e. The molecule has 168 valence electrons. The molecule has 9 heteroatoms. The van der Waals surface area contributed by atoms with Gasteiger partial charge in [0.25, 0.3) is 5.91 Å². The number of benzene rings is 2. The monoisotopic (exact) mass is 447 g/mol. The average molecular weight is 447 g/mol. The normalized spacial score (nSPS) is 10.3. The fourth-order valence-electron chi connectivity index (χ4n) is 3.21. The number of hydrogen-bond acceptors (Lipinski definition) is 6. The highest BCUT2D eigenvalue weighted by Gasteiger charge is 2.22. The van der Waals surface area contributed by atoms with Gasteiger partial charge >= 0.3 is 5.97 Å². The Morgan fingerprint density at radius 3 is 2.36 bits per heavy atom. The lowest BCUT2D eigenvalue weighted by Crippen LogP contribution is -2.38. The molecule has 0 unspecified atom stereocenters. The summed E-state index contributed by atoms with van der Waals surface area (Å²) in [5, 5.41) is 9.20. The molecule has 2 amide bonds. The van der Waals surface area contributed by atoms with Crippen molar-refractivity contribution in [1.82, 2.24) is 9.88 Å². The van der Waals surface area contributed by atoms with Gasteiger partial charge in [-0.25, -0.2) is 4.79 Å². The highest BCUT2D eigenvalue weighted by Crippen LogP contribution is 2.21. The van der Waals surface area contributed by atoms with Crippen molar-refractivity contribution in [2.75, 3.05) is 13.7 Å². The molecule has 0 spiro atoms. The van der Waals surface area contributed by atoms with Crippen LogP contribution in [0.5, 0.6) is 5.75 Å². The third kappa shape index (κ3) is 5.79. The lowest BCUT2D eigenvalue weighted by molar-refractivity contribution is -0.118. The number of primary amides is 1. The third-order valence-electron chi connectivity index (χ3n) is 4.73. The first-order valence-corrected chi connectivity index (χ1v) is 9.83. The van der Waals surface area contributed by atoms with Crippen LogP contribution in [0.15, 0.2) is 66.9 Å². The van der Waals surface area contributed by atoms with Crippen molar-refractivity contribution in [3.63, 3.8) is 0 Å². The average Bonchev–Trinajstić information content (AvgIpc) is 2.82. The van der Waals surface area contributed by atoms with Crippen molar-refractivity contribution < 1.29 is 29.0 Å². The highest BCUT2D eigenvalue weighted by atomic mass is 16.5. The molecule has 1 heterocycles. The standard InChI is InChI=1S/C24H21N3O6/c1-33-19-11-17(22(29)20-7-2-3-8-26-20)10-18(12-19)23(30)27(14-21(25)28)13-15-5-4-6-16(9-15)24(31)32/h2-12H,13-14H2,1H3,(H2,25,28)(H,31,32). The number of carbonyl (C=O) groups excluding carboxylic acids is 3. The number of carboxylic acids is 1. The summed E-state index contributed by atoms with van der Waals surface area (Å²) >= 11 is 0. The summed E-state index contributed by atoms with van der Waals surface area (Å²) in [5.41, 5.74) is 6.36. The summed E-state index contributed by atoms with van der Waals surface area (Å²) in [4.78, 5) is 54.3. The molecule has 1 aromatic heterocycles. The van der Waals surface area contributed by atoms with Crippen molar-refractivity contribution in [1.29, 1.82) is 0 Å². The SMILES string of the molecule is COc1cc(C(=O)c2ccccn2)cc(C(=O)N(CC(N)=O)Cc2cccc(C(=O)O)c2)c1. The Balaban J connectivity index is 1.97. The maximum absolute atomic E-state index is 13.3. The van der Waals surface area contributed by atoms with E-state index < -0.39 is 30.1 Å². The van der Waals surface area contributed by atoms with Gasteiger partial charge < -0.3 is 20.5 Å². The van der Waals surface area contributed by atoms with E-state index in [4.69, 9.17) is 10.5 Å². The number of methoxy groups -OCH3 is 1. The number of ketones is 1. The Kier molecular flexibility index (Phi) is 7.14. The molecule has 0 fully saturated rings. The number of ether oxygens (including phenoxy) is 1. The molecule has 3 aromatic rings. The number of aromatic nitrogens is 1. The van der Waals surface area contributed by atoms with E-state index in [0.717, 1.165) is 0 Å². The van der Waals surface area contributed by atoms with E-state index in [1.54, 1.807) is 30.3 Å². The summed E-state index contributed by atoms with van der Waals surface area (Å²) in [7, 11) is 1.40. The number of pyridine rings is 1. The summed E-state index contributed by atoms with van der Waals surface area (Å²) < 4.78 is 5.25.